The molecule has 0 bridgehead atoms. The van der Waals surface area contributed by atoms with Crippen molar-refractivity contribution in [1.82, 2.24) is 20.3 Å². The normalized spacial score (nSPS) is 12.4. The predicted molar refractivity (Wildman–Crippen MR) is 106 cm³/mol. The molecule has 1 aromatic heterocycles. The maximum absolute atomic E-state index is 11.6. The van der Waals surface area contributed by atoms with E-state index in [0.717, 1.165) is 31.5 Å². The lowest BCUT2D eigenvalue weighted by Crippen LogP contribution is -2.32. The minimum absolute atomic E-state index is 0.0739. The minimum Gasteiger partial charge on any atom is -0.375 e. The molecule has 1 amide bonds. The number of carbonyl (C=O) groups is 1. The van der Waals surface area contributed by atoms with E-state index in [4.69, 9.17) is 9.47 Å². The monoisotopic (exact) mass is 382 g/mol. The molecule has 0 spiro atoms. The summed E-state index contributed by atoms with van der Waals surface area (Å²) in [4.78, 5) is 11.6. The number of hydrogen-bond acceptors (Lipinski definition) is 5. The topological polar surface area (TPSA) is 78.3 Å². The Bertz CT molecular complexity index is 555. The van der Waals surface area contributed by atoms with Crippen LogP contribution in [0.15, 0.2) is 6.20 Å². The molecule has 0 saturated heterocycles. The number of rotatable bonds is 14. The lowest BCUT2D eigenvalue weighted by Gasteiger charge is -2.29. The van der Waals surface area contributed by atoms with Gasteiger partial charge in [0.15, 0.2) is 0 Å². The number of nitrogens with one attached hydrogen (secondary N) is 1. The van der Waals surface area contributed by atoms with Crippen molar-refractivity contribution in [3.63, 3.8) is 0 Å². The van der Waals surface area contributed by atoms with Crippen molar-refractivity contribution < 1.29 is 14.3 Å². The van der Waals surface area contributed by atoms with Crippen molar-refractivity contribution >= 4 is 5.91 Å². The fourth-order valence-corrected chi connectivity index (χ4v) is 2.52. The van der Waals surface area contributed by atoms with Crippen LogP contribution in [0.2, 0.25) is 0 Å². The van der Waals surface area contributed by atoms with Gasteiger partial charge in [-0.3, -0.25) is 9.48 Å². The van der Waals surface area contributed by atoms with E-state index in [0.29, 0.717) is 32.6 Å². The fourth-order valence-electron chi connectivity index (χ4n) is 2.52. The third-order valence-corrected chi connectivity index (χ3v) is 4.46. The van der Waals surface area contributed by atoms with Crippen molar-refractivity contribution in [2.24, 2.45) is 0 Å². The molecule has 0 aromatic carbocycles. The van der Waals surface area contributed by atoms with Crippen LogP contribution in [-0.4, -0.2) is 45.3 Å². The molecular formula is C20H38N4O3. The van der Waals surface area contributed by atoms with E-state index >= 15 is 0 Å². The van der Waals surface area contributed by atoms with E-state index in [2.05, 4.69) is 36.4 Å². The Kier molecular flexibility index (Phi) is 9.94. The van der Waals surface area contributed by atoms with Crippen LogP contribution >= 0.6 is 0 Å². The Morgan fingerprint density at radius 3 is 2.52 bits per heavy atom. The van der Waals surface area contributed by atoms with E-state index in [1.165, 1.54) is 0 Å². The zero-order valence-electron chi connectivity index (χ0n) is 18.0. The van der Waals surface area contributed by atoms with Crippen molar-refractivity contribution in [1.29, 1.82) is 0 Å². The Morgan fingerprint density at radius 1 is 1.15 bits per heavy atom. The summed E-state index contributed by atoms with van der Waals surface area (Å²) in [6.45, 7) is 14.8. The van der Waals surface area contributed by atoms with Crippen LogP contribution in [0.1, 0.15) is 79.3 Å². The summed E-state index contributed by atoms with van der Waals surface area (Å²) in [5.41, 5.74) is 0.203. The average Bonchev–Trinajstić information content (AvgIpc) is 3.04. The van der Waals surface area contributed by atoms with Gasteiger partial charge >= 0.3 is 0 Å². The summed E-state index contributed by atoms with van der Waals surface area (Å²) >= 11 is 0. The quantitative estimate of drug-likeness (QED) is 0.533. The number of aryl methyl sites for hydroxylation is 1. The lowest BCUT2D eigenvalue weighted by atomic mass is 10.0. The third kappa shape index (κ3) is 10.4. The number of carbonyl (C=O) groups excluding carboxylic acids is 1. The van der Waals surface area contributed by atoms with Crippen molar-refractivity contribution in [3.8, 4) is 0 Å². The first-order chi connectivity index (χ1) is 12.7. The molecule has 1 heterocycles. The molecule has 1 aromatic rings. The van der Waals surface area contributed by atoms with Crippen LogP contribution in [0.4, 0.5) is 0 Å². The van der Waals surface area contributed by atoms with Crippen LogP contribution in [0.5, 0.6) is 0 Å². The third-order valence-electron chi connectivity index (χ3n) is 4.46. The second-order valence-corrected chi connectivity index (χ2v) is 8.19. The van der Waals surface area contributed by atoms with Crippen LogP contribution in [0.25, 0.3) is 0 Å². The Balaban J connectivity index is 2.31. The molecule has 27 heavy (non-hydrogen) atoms. The fraction of sp³-hybridized carbons (Fsp3) is 0.850. The smallest absolute Gasteiger partial charge is 0.220 e. The second kappa shape index (κ2) is 11.4. The van der Waals surface area contributed by atoms with Gasteiger partial charge in [-0.15, -0.1) is 5.10 Å². The molecule has 0 saturated carbocycles. The van der Waals surface area contributed by atoms with Crippen LogP contribution < -0.4 is 5.32 Å². The Labute approximate surface area is 164 Å². The molecule has 7 heteroatoms. The Hall–Kier alpha value is -1.47. The first-order valence-electron chi connectivity index (χ1n) is 10.1. The molecule has 0 fully saturated rings. The van der Waals surface area contributed by atoms with Gasteiger partial charge in [0.2, 0.25) is 5.91 Å². The number of nitrogens with zero attached hydrogens (tertiary/aromatic N) is 3. The highest BCUT2D eigenvalue weighted by atomic mass is 16.5. The van der Waals surface area contributed by atoms with Crippen molar-refractivity contribution in [3.05, 3.63) is 11.9 Å². The maximum atomic E-state index is 11.6. The zero-order chi connectivity index (χ0) is 20.3. The Morgan fingerprint density at radius 2 is 1.85 bits per heavy atom. The largest absolute Gasteiger partial charge is 0.375 e. The number of ether oxygens (including phenoxy) is 2. The highest BCUT2D eigenvalue weighted by molar-refractivity contribution is 5.75. The number of aromatic nitrogens is 3. The average molecular weight is 383 g/mol. The van der Waals surface area contributed by atoms with Gasteiger partial charge in [-0.2, -0.15) is 0 Å². The SMILES string of the molecule is CCCCn1cc(COC(C)(C)CCOC(C)(C)CCC(=O)NCC)nn1. The molecule has 0 unspecified atom stereocenters. The number of hydrogen-bond donors (Lipinski definition) is 1. The molecular weight excluding hydrogens is 344 g/mol. The van der Waals surface area contributed by atoms with Gasteiger partial charge in [-0.05, 0) is 53.9 Å². The van der Waals surface area contributed by atoms with Gasteiger partial charge in [-0.25, -0.2) is 0 Å². The molecule has 0 radical (unpaired) electrons. The van der Waals surface area contributed by atoms with E-state index in [1.807, 2.05) is 31.6 Å². The molecule has 1 rings (SSSR count). The van der Waals surface area contributed by atoms with Crippen molar-refractivity contribution in [2.45, 2.75) is 98.0 Å². The summed E-state index contributed by atoms with van der Waals surface area (Å²) in [5.74, 6) is 0.0739. The van der Waals surface area contributed by atoms with E-state index < -0.39 is 0 Å². The van der Waals surface area contributed by atoms with Gasteiger partial charge in [0.1, 0.15) is 5.69 Å². The van der Waals surface area contributed by atoms with E-state index in [-0.39, 0.29) is 17.1 Å². The summed E-state index contributed by atoms with van der Waals surface area (Å²) in [5, 5.41) is 11.1. The predicted octanol–water partition coefficient (Wildman–Crippen LogP) is 3.48. The number of unbranched alkanes of at least 4 members (excludes halogenated alkanes) is 1. The molecule has 0 atom stereocenters. The van der Waals surface area contributed by atoms with E-state index in [1.54, 1.807) is 0 Å². The molecule has 1 N–H and O–H groups in total. The zero-order valence-corrected chi connectivity index (χ0v) is 18.0. The van der Waals surface area contributed by atoms with Gasteiger partial charge in [0.05, 0.1) is 30.6 Å². The molecule has 0 aliphatic carbocycles. The van der Waals surface area contributed by atoms with Gasteiger partial charge < -0.3 is 14.8 Å². The summed E-state index contributed by atoms with van der Waals surface area (Å²) in [7, 11) is 0. The highest BCUT2D eigenvalue weighted by Gasteiger charge is 2.24. The first kappa shape index (κ1) is 23.6. The lowest BCUT2D eigenvalue weighted by molar-refractivity contribution is -0.123. The summed E-state index contributed by atoms with van der Waals surface area (Å²) in [6.07, 6.45) is 6.13. The molecule has 7 nitrogen and oxygen atoms in total. The van der Waals surface area contributed by atoms with Gasteiger partial charge in [0, 0.05) is 19.5 Å². The standard InChI is InChI=1S/C20H38N4O3/c1-7-9-13-24-15-17(22-23-24)16-27-20(5,6)12-14-26-19(3,4)11-10-18(25)21-8-2/h15H,7-14,16H2,1-6H3,(H,21,25). The summed E-state index contributed by atoms with van der Waals surface area (Å²) < 4.78 is 13.9. The van der Waals surface area contributed by atoms with Gasteiger partial charge in [-0.1, -0.05) is 18.6 Å². The maximum Gasteiger partial charge on any atom is 0.220 e. The first-order valence-corrected chi connectivity index (χ1v) is 10.1. The van der Waals surface area contributed by atoms with Crippen LogP contribution in [-0.2, 0) is 27.4 Å². The van der Waals surface area contributed by atoms with Gasteiger partial charge in [0.25, 0.3) is 0 Å². The summed E-state index contributed by atoms with van der Waals surface area (Å²) in [6, 6.07) is 0. The minimum atomic E-state index is -0.330. The number of amides is 1. The van der Waals surface area contributed by atoms with Crippen LogP contribution in [0, 0.1) is 0 Å². The van der Waals surface area contributed by atoms with Crippen LogP contribution in [0.3, 0.4) is 0 Å². The van der Waals surface area contributed by atoms with Crippen molar-refractivity contribution in [2.75, 3.05) is 13.2 Å². The molecule has 0 aliphatic heterocycles. The highest BCUT2D eigenvalue weighted by Crippen LogP contribution is 2.21. The molecule has 0 aliphatic rings. The van der Waals surface area contributed by atoms with E-state index in [9.17, 15) is 4.79 Å². The second-order valence-electron chi connectivity index (χ2n) is 8.19. The molecule has 156 valence electrons.